The molecule has 0 saturated carbocycles. The van der Waals surface area contributed by atoms with Gasteiger partial charge in [-0.05, 0) is 11.1 Å². The summed E-state index contributed by atoms with van der Waals surface area (Å²) in [7, 11) is 1.62. The van der Waals surface area contributed by atoms with E-state index >= 15 is 0 Å². The van der Waals surface area contributed by atoms with Crippen LogP contribution in [-0.2, 0) is 4.74 Å². The van der Waals surface area contributed by atoms with Gasteiger partial charge in [-0.25, -0.2) is 0 Å². The van der Waals surface area contributed by atoms with Gasteiger partial charge in [-0.2, -0.15) is 5.21 Å². The topological polar surface area (TPSA) is 92.8 Å². The number of methoxy groups -OCH3 is 1. The smallest absolute Gasteiger partial charge is 0.292 e. The van der Waals surface area contributed by atoms with E-state index in [-0.39, 0.29) is 17.6 Å². The zero-order valence-corrected chi connectivity index (χ0v) is 8.15. The number of aromatic nitrogens is 4. The fourth-order valence-corrected chi connectivity index (χ4v) is 0.947. The van der Waals surface area contributed by atoms with Gasteiger partial charge in [-0.3, -0.25) is 4.79 Å². The highest BCUT2D eigenvalue weighted by Gasteiger charge is 2.11. The van der Waals surface area contributed by atoms with Crippen LogP contribution in [0.3, 0.4) is 0 Å². The highest BCUT2D eigenvalue weighted by Crippen LogP contribution is 1.93. The number of carbonyl (C=O) groups is 1. The van der Waals surface area contributed by atoms with E-state index in [0.29, 0.717) is 13.2 Å². The van der Waals surface area contributed by atoms with Crippen LogP contribution in [0.2, 0.25) is 0 Å². The Morgan fingerprint density at radius 1 is 1.71 bits per heavy atom. The van der Waals surface area contributed by atoms with E-state index in [1.165, 1.54) is 0 Å². The molecule has 1 rings (SSSR count). The van der Waals surface area contributed by atoms with E-state index in [1.807, 2.05) is 6.92 Å². The number of ether oxygens (including phenoxy) is 1. The fraction of sp³-hybridized carbons (Fsp3) is 0.714. The van der Waals surface area contributed by atoms with Crippen LogP contribution < -0.4 is 5.32 Å². The third-order valence-electron chi connectivity index (χ3n) is 1.61. The van der Waals surface area contributed by atoms with Crippen molar-refractivity contribution in [3.05, 3.63) is 5.82 Å². The van der Waals surface area contributed by atoms with Crippen molar-refractivity contribution in [2.45, 2.75) is 6.92 Å². The number of nitrogens with one attached hydrogen (secondary N) is 2. The molecule has 1 aromatic heterocycles. The molecule has 1 atom stereocenters. The molecule has 1 aromatic rings. The molecule has 0 aromatic carbocycles. The zero-order chi connectivity index (χ0) is 10.4. The Bertz CT molecular complexity index is 274. The van der Waals surface area contributed by atoms with E-state index < -0.39 is 0 Å². The summed E-state index contributed by atoms with van der Waals surface area (Å²) in [5, 5.41) is 15.3. The Hall–Kier alpha value is -1.50. The molecule has 14 heavy (non-hydrogen) atoms. The summed E-state index contributed by atoms with van der Waals surface area (Å²) in [4.78, 5) is 11.3. The van der Waals surface area contributed by atoms with E-state index in [9.17, 15) is 4.79 Å². The first-order chi connectivity index (χ1) is 6.74. The van der Waals surface area contributed by atoms with Crippen LogP contribution in [0.4, 0.5) is 0 Å². The molecule has 0 aliphatic heterocycles. The van der Waals surface area contributed by atoms with Crippen LogP contribution in [0.15, 0.2) is 0 Å². The van der Waals surface area contributed by atoms with Crippen LogP contribution in [0.1, 0.15) is 17.5 Å². The van der Waals surface area contributed by atoms with Crippen molar-refractivity contribution in [3.8, 4) is 0 Å². The summed E-state index contributed by atoms with van der Waals surface area (Å²) in [5.41, 5.74) is 0. The lowest BCUT2D eigenvalue weighted by Gasteiger charge is -2.09. The van der Waals surface area contributed by atoms with Crippen molar-refractivity contribution >= 4 is 5.91 Å². The van der Waals surface area contributed by atoms with Crippen LogP contribution in [-0.4, -0.2) is 46.8 Å². The Morgan fingerprint density at radius 2 is 2.50 bits per heavy atom. The number of tetrazole rings is 1. The number of aromatic amines is 1. The van der Waals surface area contributed by atoms with Crippen LogP contribution in [0, 0.1) is 5.92 Å². The lowest BCUT2D eigenvalue weighted by Crippen LogP contribution is -2.30. The quantitative estimate of drug-likeness (QED) is 0.648. The largest absolute Gasteiger partial charge is 0.384 e. The van der Waals surface area contributed by atoms with Gasteiger partial charge in [0.15, 0.2) is 0 Å². The second kappa shape index (κ2) is 5.28. The van der Waals surface area contributed by atoms with Crippen molar-refractivity contribution < 1.29 is 9.53 Å². The number of nitrogens with zero attached hydrogens (tertiary/aromatic N) is 3. The molecule has 0 spiro atoms. The third kappa shape index (κ3) is 3.09. The summed E-state index contributed by atoms with van der Waals surface area (Å²) >= 11 is 0. The molecule has 78 valence electrons. The van der Waals surface area contributed by atoms with Crippen LogP contribution >= 0.6 is 0 Å². The minimum absolute atomic E-state index is 0.0506. The van der Waals surface area contributed by atoms with Crippen molar-refractivity contribution in [1.82, 2.24) is 25.9 Å². The third-order valence-corrected chi connectivity index (χ3v) is 1.61. The van der Waals surface area contributed by atoms with Gasteiger partial charge in [0.25, 0.3) is 11.7 Å². The number of amides is 1. The maximum absolute atomic E-state index is 11.3. The summed E-state index contributed by atoms with van der Waals surface area (Å²) in [6.45, 7) is 3.10. The van der Waals surface area contributed by atoms with Gasteiger partial charge >= 0.3 is 0 Å². The molecule has 0 aliphatic carbocycles. The van der Waals surface area contributed by atoms with Crippen molar-refractivity contribution in [3.63, 3.8) is 0 Å². The first kappa shape index (κ1) is 10.6. The highest BCUT2D eigenvalue weighted by molar-refractivity contribution is 5.89. The number of rotatable bonds is 5. The molecule has 7 heteroatoms. The first-order valence-corrected chi connectivity index (χ1v) is 4.24. The molecule has 2 N–H and O–H groups in total. The standard InChI is InChI=1S/C7H13N5O2/c1-5(4-14-2)3-8-7(13)6-9-11-12-10-6/h5H,3-4H2,1-2H3,(H,8,13)(H,9,10,11,12). The summed E-state index contributed by atoms with van der Waals surface area (Å²) in [6.07, 6.45) is 0. The average molecular weight is 199 g/mol. The second-order valence-corrected chi connectivity index (χ2v) is 3.01. The van der Waals surface area contributed by atoms with E-state index in [0.717, 1.165) is 0 Å². The lowest BCUT2D eigenvalue weighted by atomic mass is 10.2. The Kier molecular flexibility index (Phi) is 3.99. The predicted octanol–water partition coefficient (Wildman–Crippen LogP) is -0.788. The minimum Gasteiger partial charge on any atom is -0.384 e. The van der Waals surface area contributed by atoms with Gasteiger partial charge in [0.1, 0.15) is 0 Å². The zero-order valence-electron chi connectivity index (χ0n) is 8.15. The van der Waals surface area contributed by atoms with E-state index in [4.69, 9.17) is 4.74 Å². The van der Waals surface area contributed by atoms with Gasteiger partial charge in [0.2, 0.25) is 0 Å². The summed E-state index contributed by atoms with van der Waals surface area (Å²) in [6, 6.07) is 0. The van der Waals surface area contributed by atoms with Gasteiger partial charge in [0, 0.05) is 13.7 Å². The molecule has 7 nitrogen and oxygen atoms in total. The summed E-state index contributed by atoms with van der Waals surface area (Å²) in [5.74, 6) is -0.0211. The normalized spacial score (nSPS) is 12.4. The van der Waals surface area contributed by atoms with Crippen molar-refractivity contribution in [2.24, 2.45) is 5.92 Å². The average Bonchev–Trinajstić information content (AvgIpc) is 2.67. The highest BCUT2D eigenvalue weighted by atomic mass is 16.5. The Labute approximate surface area is 81.2 Å². The molecule has 0 bridgehead atoms. The first-order valence-electron chi connectivity index (χ1n) is 4.24. The molecule has 0 radical (unpaired) electrons. The van der Waals surface area contributed by atoms with Gasteiger partial charge in [-0.15, -0.1) is 10.2 Å². The minimum atomic E-state index is -0.332. The number of hydrogen-bond acceptors (Lipinski definition) is 5. The lowest BCUT2D eigenvalue weighted by molar-refractivity contribution is 0.0924. The molecule has 0 fully saturated rings. The molecular formula is C7H13N5O2. The monoisotopic (exact) mass is 199 g/mol. The van der Waals surface area contributed by atoms with E-state index in [2.05, 4.69) is 25.9 Å². The molecular weight excluding hydrogens is 186 g/mol. The number of carbonyl (C=O) groups excluding carboxylic acids is 1. The van der Waals surface area contributed by atoms with Gasteiger partial charge in [-0.1, -0.05) is 6.92 Å². The maximum atomic E-state index is 11.3. The molecule has 1 heterocycles. The van der Waals surface area contributed by atoms with Gasteiger partial charge in [0.05, 0.1) is 6.61 Å². The van der Waals surface area contributed by atoms with E-state index in [1.54, 1.807) is 7.11 Å². The molecule has 0 aliphatic rings. The summed E-state index contributed by atoms with van der Waals surface area (Å²) < 4.78 is 4.93. The fourth-order valence-electron chi connectivity index (χ4n) is 0.947. The van der Waals surface area contributed by atoms with Crippen molar-refractivity contribution in [2.75, 3.05) is 20.3 Å². The number of H-pyrrole nitrogens is 1. The Balaban J connectivity index is 2.28. The SMILES string of the molecule is COCC(C)CNC(=O)c1nn[nH]n1. The van der Waals surface area contributed by atoms with Crippen molar-refractivity contribution in [1.29, 1.82) is 0 Å². The number of hydrogen-bond donors (Lipinski definition) is 2. The predicted molar refractivity (Wildman–Crippen MR) is 47.6 cm³/mol. The second-order valence-electron chi connectivity index (χ2n) is 3.01. The maximum Gasteiger partial charge on any atom is 0.292 e. The molecule has 0 saturated heterocycles. The van der Waals surface area contributed by atoms with Crippen LogP contribution in [0.25, 0.3) is 0 Å². The van der Waals surface area contributed by atoms with Gasteiger partial charge < -0.3 is 10.1 Å². The molecule has 1 unspecified atom stereocenters. The van der Waals surface area contributed by atoms with Crippen LogP contribution in [0.5, 0.6) is 0 Å². The molecule has 1 amide bonds. The Morgan fingerprint density at radius 3 is 3.07 bits per heavy atom.